The summed E-state index contributed by atoms with van der Waals surface area (Å²) in [5.41, 5.74) is 0. The molecule has 2 aliphatic rings. The Bertz CT molecular complexity index is 451. The molecule has 21 heavy (non-hydrogen) atoms. The molecule has 1 aliphatic carbocycles. The van der Waals surface area contributed by atoms with Crippen LogP contribution < -0.4 is 4.90 Å². The van der Waals surface area contributed by atoms with Crippen molar-refractivity contribution in [1.82, 2.24) is 14.9 Å². The van der Waals surface area contributed by atoms with Crippen molar-refractivity contribution in [3.05, 3.63) is 18.5 Å². The molecule has 1 aromatic rings. The third-order valence-corrected chi connectivity index (χ3v) is 4.65. The largest absolute Gasteiger partial charge is 0.338 e. The minimum atomic E-state index is 0.328. The highest BCUT2D eigenvalue weighted by Gasteiger charge is 2.25. The van der Waals surface area contributed by atoms with Gasteiger partial charge in [0.1, 0.15) is 5.78 Å². The van der Waals surface area contributed by atoms with Crippen LogP contribution in [0.15, 0.2) is 18.5 Å². The summed E-state index contributed by atoms with van der Waals surface area (Å²) in [5, 5.41) is 0. The second-order valence-corrected chi connectivity index (χ2v) is 6.11. The number of ketones is 1. The quantitative estimate of drug-likeness (QED) is 0.845. The van der Waals surface area contributed by atoms with Gasteiger partial charge in [0, 0.05) is 44.5 Å². The Kier molecular flexibility index (Phi) is 4.80. The predicted octanol–water partition coefficient (Wildman–Crippen LogP) is 1.75. The fourth-order valence-electron chi connectivity index (χ4n) is 3.33. The van der Waals surface area contributed by atoms with Gasteiger partial charge in [-0.05, 0) is 18.9 Å². The second-order valence-electron chi connectivity index (χ2n) is 6.11. The van der Waals surface area contributed by atoms with E-state index >= 15 is 0 Å². The van der Waals surface area contributed by atoms with Crippen LogP contribution in [0.25, 0.3) is 0 Å². The maximum atomic E-state index is 12.3. The van der Waals surface area contributed by atoms with Crippen LogP contribution in [-0.2, 0) is 4.79 Å². The zero-order valence-electron chi connectivity index (χ0n) is 12.6. The number of carbonyl (C=O) groups excluding carboxylic acids is 1. The second kappa shape index (κ2) is 6.98. The molecule has 0 radical (unpaired) electrons. The van der Waals surface area contributed by atoms with Crippen molar-refractivity contribution >= 4 is 11.7 Å². The van der Waals surface area contributed by atoms with Crippen LogP contribution in [0.4, 0.5) is 5.95 Å². The molecule has 1 saturated heterocycles. The Morgan fingerprint density at radius 1 is 1.05 bits per heavy atom. The van der Waals surface area contributed by atoms with Crippen LogP contribution in [0.3, 0.4) is 0 Å². The van der Waals surface area contributed by atoms with Crippen molar-refractivity contribution in [3.8, 4) is 0 Å². The van der Waals surface area contributed by atoms with E-state index in [1.54, 1.807) is 12.4 Å². The number of rotatable bonds is 4. The summed E-state index contributed by atoms with van der Waals surface area (Å²) in [4.78, 5) is 25.4. The van der Waals surface area contributed by atoms with Crippen molar-refractivity contribution in [2.75, 3.05) is 37.6 Å². The standard InChI is InChI=1S/C16H24N4O/c21-15(14-5-2-1-3-6-14)13-19-9-11-20(12-10-19)16-17-7-4-8-18-16/h4,7-8,14H,1-3,5-6,9-13H2. The topological polar surface area (TPSA) is 49.3 Å². The minimum absolute atomic E-state index is 0.328. The van der Waals surface area contributed by atoms with Gasteiger partial charge in [-0.25, -0.2) is 9.97 Å². The lowest BCUT2D eigenvalue weighted by atomic mass is 9.86. The van der Waals surface area contributed by atoms with Crippen molar-refractivity contribution in [2.24, 2.45) is 5.92 Å². The molecule has 2 fully saturated rings. The molecule has 1 saturated carbocycles. The van der Waals surface area contributed by atoms with Gasteiger partial charge < -0.3 is 4.90 Å². The van der Waals surface area contributed by atoms with E-state index in [1.807, 2.05) is 6.07 Å². The first-order valence-corrected chi connectivity index (χ1v) is 8.10. The molecule has 0 spiro atoms. The third-order valence-electron chi connectivity index (χ3n) is 4.65. The molecule has 0 unspecified atom stereocenters. The third kappa shape index (κ3) is 3.79. The number of anilines is 1. The number of piperazine rings is 1. The maximum absolute atomic E-state index is 12.3. The van der Waals surface area contributed by atoms with Crippen LogP contribution >= 0.6 is 0 Å². The number of aromatic nitrogens is 2. The van der Waals surface area contributed by atoms with Gasteiger partial charge in [-0.2, -0.15) is 0 Å². The van der Waals surface area contributed by atoms with Gasteiger partial charge in [-0.3, -0.25) is 9.69 Å². The smallest absolute Gasteiger partial charge is 0.225 e. The molecule has 1 aromatic heterocycles. The van der Waals surface area contributed by atoms with E-state index in [1.165, 1.54) is 19.3 Å². The van der Waals surface area contributed by atoms with E-state index in [0.717, 1.165) is 45.0 Å². The maximum Gasteiger partial charge on any atom is 0.225 e. The van der Waals surface area contributed by atoms with Gasteiger partial charge in [0.15, 0.2) is 0 Å². The molecule has 5 heteroatoms. The van der Waals surface area contributed by atoms with Crippen LogP contribution in [0.5, 0.6) is 0 Å². The average molecular weight is 288 g/mol. The number of hydrogen-bond acceptors (Lipinski definition) is 5. The van der Waals surface area contributed by atoms with E-state index in [4.69, 9.17) is 0 Å². The fourth-order valence-corrected chi connectivity index (χ4v) is 3.33. The van der Waals surface area contributed by atoms with E-state index in [-0.39, 0.29) is 0 Å². The molecule has 2 heterocycles. The van der Waals surface area contributed by atoms with Gasteiger partial charge in [0.2, 0.25) is 5.95 Å². The molecule has 5 nitrogen and oxygen atoms in total. The molecule has 0 amide bonds. The number of carbonyl (C=O) groups is 1. The summed E-state index contributed by atoms with van der Waals surface area (Å²) in [5.74, 6) is 1.59. The number of hydrogen-bond donors (Lipinski definition) is 0. The zero-order chi connectivity index (χ0) is 14.5. The van der Waals surface area contributed by atoms with Crippen molar-refractivity contribution in [2.45, 2.75) is 32.1 Å². The highest BCUT2D eigenvalue weighted by Crippen LogP contribution is 2.24. The molecule has 0 atom stereocenters. The monoisotopic (exact) mass is 288 g/mol. The lowest BCUT2D eigenvalue weighted by Gasteiger charge is -2.35. The fraction of sp³-hybridized carbons (Fsp3) is 0.688. The summed E-state index contributed by atoms with van der Waals surface area (Å²) in [7, 11) is 0. The Hall–Kier alpha value is -1.49. The van der Waals surface area contributed by atoms with E-state index in [2.05, 4.69) is 19.8 Å². The van der Waals surface area contributed by atoms with Crippen molar-refractivity contribution < 1.29 is 4.79 Å². The summed E-state index contributed by atoms with van der Waals surface area (Å²) in [6, 6.07) is 1.84. The van der Waals surface area contributed by atoms with Gasteiger partial charge >= 0.3 is 0 Å². The Morgan fingerprint density at radius 3 is 2.38 bits per heavy atom. The highest BCUT2D eigenvalue weighted by atomic mass is 16.1. The molecule has 0 N–H and O–H groups in total. The van der Waals surface area contributed by atoms with Crippen LogP contribution in [0, 0.1) is 5.92 Å². The first-order valence-electron chi connectivity index (χ1n) is 8.10. The van der Waals surface area contributed by atoms with E-state index < -0.39 is 0 Å². The number of nitrogens with zero attached hydrogens (tertiary/aromatic N) is 4. The number of Topliss-reactive ketones (excluding diaryl/α,β-unsaturated/α-hetero) is 1. The van der Waals surface area contributed by atoms with Crippen LogP contribution in [0.2, 0.25) is 0 Å². The van der Waals surface area contributed by atoms with Gasteiger partial charge in [-0.1, -0.05) is 19.3 Å². The summed E-state index contributed by atoms with van der Waals surface area (Å²) < 4.78 is 0. The SMILES string of the molecule is O=C(CN1CCN(c2ncccn2)CC1)C1CCCCC1. The van der Waals surface area contributed by atoms with Crippen LogP contribution in [0.1, 0.15) is 32.1 Å². The molecule has 0 aromatic carbocycles. The van der Waals surface area contributed by atoms with E-state index in [0.29, 0.717) is 18.2 Å². The molecule has 1 aliphatic heterocycles. The Labute approximate surface area is 126 Å². The van der Waals surface area contributed by atoms with E-state index in [9.17, 15) is 4.79 Å². The molecule has 3 rings (SSSR count). The van der Waals surface area contributed by atoms with Crippen molar-refractivity contribution in [1.29, 1.82) is 0 Å². The van der Waals surface area contributed by atoms with Gasteiger partial charge in [-0.15, -0.1) is 0 Å². The first kappa shape index (κ1) is 14.4. The zero-order valence-corrected chi connectivity index (χ0v) is 12.6. The first-order chi connectivity index (χ1) is 10.3. The van der Waals surface area contributed by atoms with Gasteiger partial charge in [0.05, 0.1) is 6.54 Å². The lowest BCUT2D eigenvalue weighted by molar-refractivity contribution is -0.125. The highest BCUT2D eigenvalue weighted by molar-refractivity contribution is 5.83. The summed E-state index contributed by atoms with van der Waals surface area (Å²) in [6.45, 7) is 4.30. The predicted molar refractivity (Wildman–Crippen MR) is 82.3 cm³/mol. The minimum Gasteiger partial charge on any atom is -0.338 e. The summed E-state index contributed by atoms with van der Waals surface area (Å²) in [6.07, 6.45) is 9.54. The molecular formula is C16H24N4O. The molecule has 114 valence electrons. The normalized spacial score (nSPS) is 21.4. The molecule has 0 bridgehead atoms. The Balaban J connectivity index is 1.46. The average Bonchev–Trinajstić information content (AvgIpc) is 2.57. The van der Waals surface area contributed by atoms with Crippen LogP contribution in [-0.4, -0.2) is 53.4 Å². The summed E-state index contributed by atoms with van der Waals surface area (Å²) >= 11 is 0. The molecular weight excluding hydrogens is 264 g/mol. The van der Waals surface area contributed by atoms with Gasteiger partial charge in [0.25, 0.3) is 0 Å². The Morgan fingerprint density at radius 2 is 1.71 bits per heavy atom. The van der Waals surface area contributed by atoms with Crippen molar-refractivity contribution in [3.63, 3.8) is 0 Å². The lowest BCUT2D eigenvalue weighted by Crippen LogP contribution is -2.49.